The van der Waals surface area contributed by atoms with E-state index in [4.69, 9.17) is 4.74 Å². The molecule has 11 heteroatoms. The van der Waals surface area contributed by atoms with Crippen LogP contribution in [0.2, 0.25) is 0 Å². The van der Waals surface area contributed by atoms with Crippen LogP contribution >= 0.6 is 0 Å². The van der Waals surface area contributed by atoms with E-state index in [0.717, 1.165) is 17.7 Å². The van der Waals surface area contributed by atoms with Crippen LogP contribution in [0.3, 0.4) is 0 Å². The average molecular weight is 542 g/mol. The molecule has 1 N–H and O–H groups in total. The molecule has 39 heavy (non-hydrogen) atoms. The van der Waals surface area contributed by atoms with Crippen LogP contribution in [0.15, 0.2) is 36.4 Å². The van der Waals surface area contributed by atoms with Crippen molar-refractivity contribution in [1.29, 1.82) is 0 Å². The van der Waals surface area contributed by atoms with Gasteiger partial charge in [-0.1, -0.05) is 12.0 Å². The lowest BCUT2D eigenvalue weighted by Crippen LogP contribution is -2.80. The molecule has 204 valence electrons. The van der Waals surface area contributed by atoms with E-state index in [2.05, 4.69) is 11.8 Å². The number of hydrogen-bond donors (Lipinski definition) is 1. The summed E-state index contributed by atoms with van der Waals surface area (Å²) in [5.74, 6) is 4.73. The molecule has 1 saturated heterocycles. The van der Waals surface area contributed by atoms with Gasteiger partial charge in [-0.05, 0) is 68.8 Å². The summed E-state index contributed by atoms with van der Waals surface area (Å²) < 4.78 is 44.9. The van der Waals surface area contributed by atoms with Gasteiger partial charge in [0.05, 0.1) is 17.6 Å². The molecule has 1 spiro atoms. The molecular weight excluding hydrogens is 515 g/mol. The van der Waals surface area contributed by atoms with Gasteiger partial charge in [-0.2, -0.15) is 13.2 Å². The number of nitro groups is 1. The third-order valence-corrected chi connectivity index (χ3v) is 9.37. The minimum absolute atomic E-state index is 0.0815. The van der Waals surface area contributed by atoms with Gasteiger partial charge >= 0.3 is 6.18 Å². The van der Waals surface area contributed by atoms with Crippen LogP contribution in [0.5, 0.6) is 11.5 Å². The summed E-state index contributed by atoms with van der Waals surface area (Å²) in [5.41, 5.74) is -1.33. The monoisotopic (exact) mass is 541 g/mol. The second-order valence-electron chi connectivity index (χ2n) is 10.9. The van der Waals surface area contributed by atoms with Crippen LogP contribution < -0.4 is 4.74 Å². The topological polar surface area (TPSA) is 96.2 Å². The number of aromatic hydroxyl groups is 1. The Morgan fingerprint density at radius 3 is 2.62 bits per heavy atom. The largest absolute Gasteiger partial charge is 0.504 e. The first-order valence-electron chi connectivity index (χ1n) is 12.7. The van der Waals surface area contributed by atoms with E-state index < -0.39 is 40.7 Å². The number of ether oxygens (including phenoxy) is 1. The molecule has 6 rings (SSSR count). The van der Waals surface area contributed by atoms with Crippen molar-refractivity contribution in [3.05, 3.63) is 68.8 Å². The number of nitrogens with zero attached hydrogens (tertiary/aromatic N) is 3. The molecule has 4 aliphatic rings. The number of piperidine rings is 1. The van der Waals surface area contributed by atoms with Crippen molar-refractivity contribution >= 4 is 5.91 Å². The van der Waals surface area contributed by atoms with E-state index in [1.807, 2.05) is 18.0 Å². The maximum absolute atomic E-state index is 13.2. The highest BCUT2D eigenvalue weighted by Gasteiger charge is 2.80. The summed E-state index contributed by atoms with van der Waals surface area (Å²) in [5, 5.41) is 23.7. The summed E-state index contributed by atoms with van der Waals surface area (Å²) in [7, 11) is 3.46. The molecule has 1 saturated carbocycles. The van der Waals surface area contributed by atoms with E-state index >= 15 is 0 Å². The number of benzene rings is 2. The van der Waals surface area contributed by atoms with Gasteiger partial charge in [0.1, 0.15) is 11.5 Å². The van der Waals surface area contributed by atoms with Gasteiger partial charge in [0.2, 0.25) is 0 Å². The average Bonchev–Trinajstić information content (AvgIpc) is 3.25. The number of amides is 1. The molecule has 2 bridgehead atoms. The zero-order valence-corrected chi connectivity index (χ0v) is 21.3. The first-order chi connectivity index (χ1) is 18.4. The lowest BCUT2D eigenvalue weighted by atomic mass is 9.47. The van der Waals surface area contributed by atoms with E-state index in [1.165, 1.54) is 17.0 Å². The fraction of sp³-hybridized carbons (Fsp3) is 0.464. The van der Waals surface area contributed by atoms with E-state index in [1.54, 1.807) is 13.1 Å². The highest BCUT2D eigenvalue weighted by atomic mass is 19.4. The van der Waals surface area contributed by atoms with Crippen molar-refractivity contribution in [3.8, 4) is 23.3 Å². The van der Waals surface area contributed by atoms with Crippen molar-refractivity contribution in [3.63, 3.8) is 0 Å². The summed E-state index contributed by atoms with van der Waals surface area (Å²) in [6, 6.07) is 6.66. The Balaban J connectivity index is 1.37. The van der Waals surface area contributed by atoms with Gasteiger partial charge in [-0.25, -0.2) is 0 Å². The van der Waals surface area contributed by atoms with Gasteiger partial charge in [0, 0.05) is 35.4 Å². The van der Waals surface area contributed by atoms with Crippen molar-refractivity contribution < 1.29 is 32.7 Å². The summed E-state index contributed by atoms with van der Waals surface area (Å²) in [6.45, 7) is 0.604. The minimum Gasteiger partial charge on any atom is -0.504 e. The second-order valence-corrected chi connectivity index (χ2v) is 10.9. The van der Waals surface area contributed by atoms with E-state index in [0.29, 0.717) is 31.4 Å². The first kappa shape index (κ1) is 25.5. The molecule has 2 heterocycles. The number of likely N-dealkylation sites (N-methyl/N-ethyl adjacent to an activating group) is 2. The zero-order valence-electron chi connectivity index (χ0n) is 21.3. The number of carbonyl (C=O) groups is 1. The third-order valence-electron chi connectivity index (χ3n) is 9.37. The molecule has 2 aliphatic carbocycles. The molecule has 8 nitrogen and oxygen atoms in total. The Bertz CT molecular complexity index is 1450. The Hall–Kier alpha value is -3.78. The number of phenolic OH excluding ortho intramolecular Hbond substituents is 1. The maximum Gasteiger partial charge on any atom is 0.416 e. The van der Waals surface area contributed by atoms with Gasteiger partial charge < -0.3 is 14.7 Å². The normalized spacial score (nSPS) is 30.4. The molecule has 5 atom stereocenters. The number of phenols is 1. The van der Waals surface area contributed by atoms with Crippen molar-refractivity contribution in [2.75, 3.05) is 20.6 Å². The van der Waals surface area contributed by atoms with Crippen LogP contribution in [-0.2, 0) is 22.8 Å². The molecule has 2 aromatic rings. The number of carbonyl (C=O) groups excluding carboxylic acids is 1. The van der Waals surface area contributed by atoms with Crippen LogP contribution in [0.1, 0.15) is 41.5 Å². The number of hydrogen-bond acceptors (Lipinski definition) is 6. The second kappa shape index (κ2) is 8.36. The van der Waals surface area contributed by atoms with Gasteiger partial charge in [0.15, 0.2) is 11.5 Å². The summed E-state index contributed by atoms with van der Waals surface area (Å²) >= 11 is 0. The molecule has 2 aromatic carbocycles. The molecule has 2 aliphatic heterocycles. The molecular formula is C28H26F3N3O5. The Morgan fingerprint density at radius 1 is 1.23 bits per heavy atom. The quantitative estimate of drug-likeness (QED) is 0.356. The molecule has 2 fully saturated rings. The van der Waals surface area contributed by atoms with Crippen LogP contribution in [0.25, 0.3) is 0 Å². The molecule has 0 radical (unpaired) electrons. The predicted octanol–water partition coefficient (Wildman–Crippen LogP) is 3.36. The lowest BCUT2D eigenvalue weighted by Gasteiger charge is -2.60. The Kier molecular flexibility index (Phi) is 5.46. The van der Waals surface area contributed by atoms with Crippen LogP contribution in [0.4, 0.5) is 13.2 Å². The molecule has 1 amide bonds. The summed E-state index contributed by atoms with van der Waals surface area (Å²) in [6.07, 6.45) is -3.82. The minimum atomic E-state index is -4.47. The van der Waals surface area contributed by atoms with Gasteiger partial charge in [-0.15, -0.1) is 0 Å². The number of alkyl halides is 3. The van der Waals surface area contributed by atoms with Crippen molar-refractivity contribution in [2.24, 2.45) is 0 Å². The number of halogens is 3. The fourth-order valence-electron chi connectivity index (χ4n) is 7.61. The SMILES string of the molecule is CN1CC[C@]23c4c5ccc(O)c4O[C@H]2[C@H](N(C)C(=O)C#Cc2ccc(C(F)(F)F)cc2)CC[C@@]3([N+](=O)[O-])[C@H]1C5. The highest BCUT2D eigenvalue weighted by Crippen LogP contribution is 2.66. The highest BCUT2D eigenvalue weighted by molar-refractivity contribution is 5.94. The fourth-order valence-corrected chi connectivity index (χ4v) is 7.61. The summed E-state index contributed by atoms with van der Waals surface area (Å²) in [4.78, 5) is 29.5. The zero-order chi connectivity index (χ0) is 27.9. The van der Waals surface area contributed by atoms with Crippen LogP contribution in [0, 0.1) is 22.0 Å². The van der Waals surface area contributed by atoms with E-state index in [-0.39, 0.29) is 34.4 Å². The maximum atomic E-state index is 13.2. The van der Waals surface area contributed by atoms with Crippen molar-refractivity contribution in [1.82, 2.24) is 9.80 Å². The standard InChI is InChI=1S/C28H26F3N3O5/c1-32-14-13-26-23-17-6-9-20(35)24(23)39-25(26)19(11-12-27(26,34(37)38)21(32)15-17)33(2)22(36)10-5-16-3-7-18(8-4-16)28(29,30)31/h3-4,6-9,19,21,25,35H,11-15H2,1-2H3/t19-,21-,25+,26+,27-/m1/s1. The molecule has 0 unspecified atom stereocenters. The smallest absolute Gasteiger partial charge is 0.416 e. The van der Waals surface area contributed by atoms with Gasteiger partial charge in [0.25, 0.3) is 11.4 Å². The van der Waals surface area contributed by atoms with Crippen molar-refractivity contribution in [2.45, 2.75) is 61.0 Å². The lowest BCUT2D eigenvalue weighted by molar-refractivity contribution is -0.605. The Labute approximate surface area is 222 Å². The number of likely N-dealkylation sites (tertiary alicyclic amines) is 1. The first-order valence-corrected chi connectivity index (χ1v) is 12.7. The Morgan fingerprint density at radius 2 is 1.95 bits per heavy atom. The van der Waals surface area contributed by atoms with E-state index in [9.17, 15) is 33.2 Å². The van der Waals surface area contributed by atoms with Crippen LogP contribution in [-0.4, -0.2) is 70.1 Å². The predicted molar refractivity (Wildman–Crippen MR) is 133 cm³/mol. The van der Waals surface area contributed by atoms with Gasteiger partial charge in [-0.3, -0.25) is 19.8 Å². The number of rotatable bonds is 2. The third kappa shape index (κ3) is 3.33. The molecule has 0 aromatic heterocycles.